The summed E-state index contributed by atoms with van der Waals surface area (Å²) in [5.74, 6) is -0.830. The Hall–Kier alpha value is -3.36. The number of amides is 2. The maximum atomic E-state index is 14.0. The van der Waals surface area contributed by atoms with Crippen molar-refractivity contribution in [1.29, 1.82) is 0 Å². The van der Waals surface area contributed by atoms with E-state index in [1.165, 1.54) is 4.90 Å². The van der Waals surface area contributed by atoms with Crippen molar-refractivity contribution in [3.63, 3.8) is 0 Å². The molecule has 214 valence electrons. The Morgan fingerprint density at radius 3 is 2.27 bits per heavy atom. The van der Waals surface area contributed by atoms with Gasteiger partial charge in [0, 0.05) is 18.1 Å². The molecule has 0 unspecified atom stereocenters. The highest BCUT2D eigenvalue weighted by Crippen LogP contribution is 2.29. The predicted molar refractivity (Wildman–Crippen MR) is 161 cm³/mol. The van der Waals surface area contributed by atoms with E-state index in [2.05, 4.69) is 5.32 Å². The van der Waals surface area contributed by atoms with Gasteiger partial charge in [-0.2, -0.15) is 0 Å². The van der Waals surface area contributed by atoms with Gasteiger partial charge in [0.05, 0.1) is 10.6 Å². The second-order valence-corrected chi connectivity index (χ2v) is 12.2. The van der Waals surface area contributed by atoms with E-state index in [0.29, 0.717) is 22.8 Å². The van der Waals surface area contributed by atoms with Crippen molar-refractivity contribution in [2.24, 2.45) is 0 Å². The number of halogens is 1. The molecule has 2 amide bonds. The van der Waals surface area contributed by atoms with Gasteiger partial charge in [-0.15, -0.1) is 0 Å². The van der Waals surface area contributed by atoms with Gasteiger partial charge in [-0.05, 0) is 75.1 Å². The topological polar surface area (TPSA) is 86.8 Å². The van der Waals surface area contributed by atoms with E-state index >= 15 is 0 Å². The fraction of sp³-hybridized carbons (Fsp3) is 0.355. The van der Waals surface area contributed by atoms with Crippen molar-refractivity contribution < 1.29 is 18.0 Å². The van der Waals surface area contributed by atoms with Crippen LogP contribution in [0, 0.1) is 20.8 Å². The molecular formula is C31H38ClN3O4S. The average Bonchev–Trinajstić information content (AvgIpc) is 2.92. The Bertz CT molecular complexity index is 1440. The molecule has 9 heteroatoms. The zero-order valence-electron chi connectivity index (χ0n) is 23.8. The summed E-state index contributed by atoms with van der Waals surface area (Å²) in [5, 5.41) is 3.34. The van der Waals surface area contributed by atoms with E-state index in [1.807, 2.05) is 33.8 Å². The molecule has 3 aromatic carbocycles. The molecule has 0 saturated carbocycles. The summed E-state index contributed by atoms with van der Waals surface area (Å²) in [6.07, 6.45) is 1.73. The van der Waals surface area contributed by atoms with Gasteiger partial charge in [0.2, 0.25) is 11.8 Å². The maximum Gasteiger partial charge on any atom is 0.264 e. The number of aryl methyl sites for hydroxylation is 2. The Balaban J connectivity index is 2.05. The maximum absolute atomic E-state index is 14.0. The molecule has 0 radical (unpaired) electrons. The van der Waals surface area contributed by atoms with Crippen LogP contribution in [0.4, 0.5) is 5.69 Å². The van der Waals surface area contributed by atoms with Gasteiger partial charge in [-0.25, -0.2) is 8.42 Å². The molecule has 0 heterocycles. The van der Waals surface area contributed by atoms with Crippen LogP contribution in [0.25, 0.3) is 0 Å². The first-order valence-corrected chi connectivity index (χ1v) is 15.2. The zero-order valence-corrected chi connectivity index (χ0v) is 25.3. The SMILES string of the molecule is CCCCNC(=O)[C@H](C)N(Cc1ccccc1Cl)C(=O)CN(c1cccc(C)c1C)S(=O)(=O)c1ccc(C)cc1. The first kappa shape index (κ1) is 31.2. The van der Waals surface area contributed by atoms with E-state index in [1.54, 1.807) is 67.6 Å². The van der Waals surface area contributed by atoms with E-state index in [4.69, 9.17) is 11.6 Å². The molecule has 0 fully saturated rings. The summed E-state index contributed by atoms with van der Waals surface area (Å²) in [6, 6.07) is 18.1. The van der Waals surface area contributed by atoms with E-state index in [0.717, 1.165) is 33.8 Å². The largest absolute Gasteiger partial charge is 0.354 e. The quantitative estimate of drug-likeness (QED) is 0.273. The Labute approximate surface area is 243 Å². The van der Waals surface area contributed by atoms with Gasteiger partial charge in [0.25, 0.3) is 10.0 Å². The van der Waals surface area contributed by atoms with Crippen LogP contribution >= 0.6 is 11.6 Å². The lowest BCUT2D eigenvalue weighted by Crippen LogP contribution is -2.51. The second-order valence-electron chi connectivity index (χ2n) is 9.98. The molecule has 0 bridgehead atoms. The van der Waals surface area contributed by atoms with Crippen LogP contribution in [0.2, 0.25) is 5.02 Å². The molecule has 0 spiro atoms. The molecule has 1 N–H and O–H groups in total. The number of benzene rings is 3. The number of carbonyl (C=O) groups excluding carboxylic acids is 2. The second kappa shape index (κ2) is 13.8. The van der Waals surface area contributed by atoms with Crippen molar-refractivity contribution >= 4 is 39.1 Å². The van der Waals surface area contributed by atoms with Crippen molar-refractivity contribution in [3.05, 3.63) is 94.0 Å². The number of rotatable bonds is 12. The Morgan fingerprint density at radius 2 is 1.62 bits per heavy atom. The summed E-state index contributed by atoms with van der Waals surface area (Å²) < 4.78 is 29.2. The third-order valence-corrected chi connectivity index (χ3v) is 9.17. The van der Waals surface area contributed by atoms with Crippen LogP contribution < -0.4 is 9.62 Å². The summed E-state index contributed by atoms with van der Waals surface area (Å²) in [4.78, 5) is 28.6. The number of carbonyl (C=O) groups is 2. The lowest BCUT2D eigenvalue weighted by molar-refractivity contribution is -0.139. The molecule has 0 aromatic heterocycles. The van der Waals surface area contributed by atoms with E-state index in [-0.39, 0.29) is 17.3 Å². The molecule has 0 saturated heterocycles. The minimum absolute atomic E-state index is 0.0477. The number of nitrogens with zero attached hydrogens (tertiary/aromatic N) is 2. The summed E-state index contributed by atoms with van der Waals surface area (Å²) in [5.41, 5.74) is 3.62. The molecule has 0 aliphatic rings. The molecule has 7 nitrogen and oxygen atoms in total. The zero-order chi connectivity index (χ0) is 29.4. The summed E-state index contributed by atoms with van der Waals surface area (Å²) in [6.45, 7) is 9.32. The number of hydrogen-bond donors (Lipinski definition) is 1. The number of hydrogen-bond acceptors (Lipinski definition) is 4. The smallest absolute Gasteiger partial charge is 0.264 e. The molecule has 3 rings (SSSR count). The number of anilines is 1. The molecule has 40 heavy (non-hydrogen) atoms. The van der Waals surface area contributed by atoms with Crippen LogP contribution in [-0.4, -0.2) is 44.3 Å². The third-order valence-electron chi connectivity index (χ3n) is 7.03. The summed E-state index contributed by atoms with van der Waals surface area (Å²) in [7, 11) is -4.12. The lowest BCUT2D eigenvalue weighted by atomic mass is 10.1. The van der Waals surface area contributed by atoms with Crippen LogP contribution in [0.3, 0.4) is 0 Å². The first-order chi connectivity index (χ1) is 19.0. The fourth-order valence-corrected chi connectivity index (χ4v) is 5.95. The first-order valence-electron chi connectivity index (χ1n) is 13.4. The highest BCUT2D eigenvalue weighted by molar-refractivity contribution is 7.92. The molecule has 0 aliphatic heterocycles. The molecular weight excluding hydrogens is 546 g/mol. The van der Waals surface area contributed by atoms with Gasteiger partial charge in [-0.3, -0.25) is 13.9 Å². The van der Waals surface area contributed by atoms with Crippen molar-refractivity contribution in [2.75, 3.05) is 17.4 Å². The molecule has 3 aromatic rings. The average molecular weight is 584 g/mol. The van der Waals surface area contributed by atoms with E-state index < -0.39 is 28.5 Å². The Morgan fingerprint density at radius 1 is 0.950 bits per heavy atom. The normalized spacial score (nSPS) is 12.1. The van der Waals surface area contributed by atoms with Crippen LogP contribution in [0.1, 0.15) is 48.9 Å². The lowest BCUT2D eigenvalue weighted by Gasteiger charge is -2.32. The standard InChI is InChI=1S/C31H38ClN3O4S/c1-6-7-19-33-31(37)25(5)34(20-26-12-8-9-13-28(26)32)30(36)21-35(29-14-10-11-23(3)24(29)4)40(38,39)27-17-15-22(2)16-18-27/h8-18,25H,6-7,19-21H2,1-5H3,(H,33,37)/t25-/m0/s1. The van der Waals surface area contributed by atoms with Gasteiger partial charge in [0.15, 0.2) is 0 Å². The van der Waals surface area contributed by atoms with Crippen LogP contribution in [-0.2, 0) is 26.2 Å². The number of unbranched alkanes of at least 4 members (excludes halogenated alkanes) is 1. The van der Waals surface area contributed by atoms with E-state index in [9.17, 15) is 18.0 Å². The van der Waals surface area contributed by atoms with Crippen molar-refractivity contribution in [2.45, 2.75) is 64.9 Å². The van der Waals surface area contributed by atoms with Crippen LogP contribution in [0.5, 0.6) is 0 Å². The minimum Gasteiger partial charge on any atom is -0.354 e. The minimum atomic E-state index is -4.12. The predicted octanol–water partition coefficient (Wildman–Crippen LogP) is 5.79. The fourth-order valence-electron chi connectivity index (χ4n) is 4.29. The monoisotopic (exact) mass is 583 g/mol. The molecule has 0 aliphatic carbocycles. The van der Waals surface area contributed by atoms with Gasteiger partial charge in [0.1, 0.15) is 12.6 Å². The highest BCUT2D eigenvalue weighted by Gasteiger charge is 2.33. The summed E-state index contributed by atoms with van der Waals surface area (Å²) >= 11 is 6.42. The Kier molecular flexibility index (Phi) is 10.8. The molecule has 1 atom stereocenters. The van der Waals surface area contributed by atoms with Crippen molar-refractivity contribution in [3.8, 4) is 0 Å². The third kappa shape index (κ3) is 7.43. The van der Waals surface area contributed by atoms with Gasteiger partial charge in [-0.1, -0.05) is 73.0 Å². The van der Waals surface area contributed by atoms with Crippen molar-refractivity contribution in [1.82, 2.24) is 10.2 Å². The van der Waals surface area contributed by atoms with Crippen LogP contribution in [0.15, 0.2) is 71.6 Å². The highest BCUT2D eigenvalue weighted by atomic mass is 35.5. The van der Waals surface area contributed by atoms with Gasteiger partial charge >= 0.3 is 0 Å². The number of nitrogens with one attached hydrogen (secondary N) is 1. The van der Waals surface area contributed by atoms with Gasteiger partial charge < -0.3 is 10.2 Å². The number of sulfonamides is 1.